The minimum Gasteiger partial charge on any atom is -0.537 e. The minimum atomic E-state index is -1.47. The molecule has 3 heteroatoms. The van der Waals surface area contributed by atoms with Crippen molar-refractivity contribution in [2.45, 2.75) is 19.4 Å². The van der Waals surface area contributed by atoms with Crippen molar-refractivity contribution in [2.75, 3.05) is 0 Å². The van der Waals surface area contributed by atoms with Crippen LogP contribution in [0.1, 0.15) is 13.8 Å². The topological polar surface area (TPSA) is 60.4 Å². The zero-order valence-corrected chi connectivity index (χ0v) is 5.26. The van der Waals surface area contributed by atoms with Crippen LogP contribution in [0.25, 0.3) is 0 Å². The molecule has 1 N–H and O–H groups in total. The summed E-state index contributed by atoms with van der Waals surface area (Å²) >= 11 is 0. The summed E-state index contributed by atoms with van der Waals surface area (Å²) in [5.41, 5.74) is -1.25. The highest BCUT2D eigenvalue weighted by Crippen LogP contribution is 1.95. The zero-order valence-electron chi connectivity index (χ0n) is 5.26. The molecular weight excluding hydrogens is 120 g/mol. The number of carbonyl (C=O) groups excluding carboxylic acids is 1. The first-order chi connectivity index (χ1) is 3.92. The Morgan fingerprint density at radius 1 is 1.67 bits per heavy atom. The van der Waals surface area contributed by atoms with E-state index in [9.17, 15) is 9.90 Å². The minimum absolute atomic E-state index is 1.25. The van der Waals surface area contributed by atoms with Crippen molar-refractivity contribution in [1.29, 1.82) is 0 Å². The molecule has 0 heterocycles. The standard InChI is InChI=1S/C6H8O3/c1-6(2,9)4-3-5(7)8/h9H,1-2H3,(H,7,8)/p-1. The maximum Gasteiger partial charge on any atom is 0.120 e. The molecule has 0 aliphatic carbocycles. The van der Waals surface area contributed by atoms with Gasteiger partial charge in [0.25, 0.3) is 0 Å². The third-order valence-corrected chi connectivity index (χ3v) is 0.470. The average molecular weight is 127 g/mol. The lowest BCUT2D eigenvalue weighted by Gasteiger charge is -2.05. The highest BCUT2D eigenvalue weighted by molar-refractivity contribution is 5.84. The lowest BCUT2D eigenvalue weighted by Crippen LogP contribution is -2.22. The van der Waals surface area contributed by atoms with E-state index in [4.69, 9.17) is 5.11 Å². The summed E-state index contributed by atoms with van der Waals surface area (Å²) in [7, 11) is 0. The number of carboxylic acid groups (broad SMARTS) is 1. The van der Waals surface area contributed by atoms with Gasteiger partial charge in [0, 0.05) is 0 Å². The average Bonchev–Trinajstić information content (AvgIpc) is 1.59. The van der Waals surface area contributed by atoms with Gasteiger partial charge in [-0.15, -0.1) is 0 Å². The molecule has 0 fully saturated rings. The predicted octanol–water partition coefficient (Wildman–Crippen LogP) is -1.49. The van der Waals surface area contributed by atoms with Gasteiger partial charge in [0.2, 0.25) is 0 Å². The fraction of sp³-hybridized carbons (Fsp3) is 0.500. The third kappa shape index (κ3) is 6.99. The second-order valence-electron chi connectivity index (χ2n) is 2.10. The van der Waals surface area contributed by atoms with Gasteiger partial charge in [0.15, 0.2) is 0 Å². The third-order valence-electron chi connectivity index (χ3n) is 0.470. The molecule has 0 aliphatic heterocycles. The van der Waals surface area contributed by atoms with Crippen molar-refractivity contribution < 1.29 is 15.0 Å². The van der Waals surface area contributed by atoms with Crippen LogP contribution < -0.4 is 5.11 Å². The maximum absolute atomic E-state index is 9.65. The van der Waals surface area contributed by atoms with E-state index in [1.165, 1.54) is 13.8 Å². The molecule has 9 heavy (non-hydrogen) atoms. The van der Waals surface area contributed by atoms with Crippen LogP contribution in [0.4, 0.5) is 0 Å². The van der Waals surface area contributed by atoms with Gasteiger partial charge in [-0.1, -0.05) is 5.92 Å². The first kappa shape index (κ1) is 7.99. The molecule has 50 valence electrons. The van der Waals surface area contributed by atoms with Crippen LogP contribution in [0.3, 0.4) is 0 Å². The predicted molar refractivity (Wildman–Crippen MR) is 29.1 cm³/mol. The molecule has 0 aromatic carbocycles. The lowest BCUT2D eigenvalue weighted by molar-refractivity contribution is -0.295. The summed E-state index contributed by atoms with van der Waals surface area (Å²) in [5.74, 6) is 2.28. The van der Waals surface area contributed by atoms with Crippen LogP contribution in [-0.4, -0.2) is 16.7 Å². The number of carboxylic acids is 1. The first-order valence-corrected chi connectivity index (χ1v) is 2.38. The molecule has 3 nitrogen and oxygen atoms in total. The SMILES string of the molecule is CC(C)(O)C#CC(=O)[O-]. The Hall–Kier alpha value is -1.01. The monoisotopic (exact) mass is 127 g/mol. The maximum atomic E-state index is 9.65. The molecule has 0 spiro atoms. The van der Waals surface area contributed by atoms with E-state index in [0.29, 0.717) is 0 Å². The summed E-state index contributed by atoms with van der Waals surface area (Å²) in [5, 5.41) is 18.5. The molecule has 0 bridgehead atoms. The highest BCUT2D eigenvalue weighted by atomic mass is 16.4. The summed E-state index contributed by atoms with van der Waals surface area (Å²) in [6.45, 7) is 2.78. The molecule has 0 aromatic heterocycles. The molecule has 0 rings (SSSR count). The molecule has 0 radical (unpaired) electrons. The molecule has 0 saturated heterocycles. The summed E-state index contributed by atoms with van der Waals surface area (Å²) in [6.07, 6.45) is 0. The van der Waals surface area contributed by atoms with Crippen LogP contribution in [0.2, 0.25) is 0 Å². The number of aliphatic hydroxyl groups is 1. The van der Waals surface area contributed by atoms with Gasteiger partial charge in [0.1, 0.15) is 11.6 Å². The van der Waals surface area contributed by atoms with Crippen LogP contribution in [0, 0.1) is 11.8 Å². The van der Waals surface area contributed by atoms with Gasteiger partial charge in [-0.3, -0.25) is 0 Å². The van der Waals surface area contributed by atoms with E-state index in [1.54, 1.807) is 5.92 Å². The molecule has 0 saturated carbocycles. The van der Waals surface area contributed by atoms with Crippen molar-refractivity contribution in [3.05, 3.63) is 0 Å². The van der Waals surface area contributed by atoms with Crippen LogP contribution >= 0.6 is 0 Å². The van der Waals surface area contributed by atoms with Gasteiger partial charge in [0.05, 0.1) is 0 Å². The number of hydrogen-bond donors (Lipinski definition) is 1. The van der Waals surface area contributed by atoms with E-state index in [2.05, 4.69) is 5.92 Å². The first-order valence-electron chi connectivity index (χ1n) is 2.38. The summed E-state index contributed by atoms with van der Waals surface area (Å²) < 4.78 is 0. The van der Waals surface area contributed by atoms with E-state index in [1.807, 2.05) is 0 Å². The van der Waals surface area contributed by atoms with Crippen molar-refractivity contribution >= 4 is 5.97 Å². The van der Waals surface area contributed by atoms with Crippen LogP contribution in [0.5, 0.6) is 0 Å². The van der Waals surface area contributed by atoms with Gasteiger partial charge >= 0.3 is 0 Å². The Morgan fingerprint density at radius 2 is 2.11 bits per heavy atom. The lowest BCUT2D eigenvalue weighted by atomic mass is 10.1. The Kier molecular flexibility index (Phi) is 2.23. The number of hydrogen-bond acceptors (Lipinski definition) is 3. The molecule has 0 amide bonds. The number of carbonyl (C=O) groups is 1. The summed E-state index contributed by atoms with van der Waals surface area (Å²) in [4.78, 5) is 9.65. The normalized spacial score (nSPS) is 9.67. The van der Waals surface area contributed by atoms with E-state index < -0.39 is 11.6 Å². The highest BCUT2D eigenvalue weighted by Gasteiger charge is 2.04. The van der Waals surface area contributed by atoms with Crippen molar-refractivity contribution in [1.82, 2.24) is 0 Å². The Bertz CT molecular complexity index is 165. The Labute approximate surface area is 53.3 Å². The van der Waals surface area contributed by atoms with E-state index in [-0.39, 0.29) is 0 Å². The fourth-order valence-electron chi connectivity index (χ4n) is 0.204. The van der Waals surface area contributed by atoms with Crippen molar-refractivity contribution in [3.8, 4) is 11.8 Å². The largest absolute Gasteiger partial charge is 0.537 e. The molecular formula is C6H7O3-. The van der Waals surface area contributed by atoms with Crippen molar-refractivity contribution in [3.63, 3.8) is 0 Å². The Balaban J connectivity index is 4.04. The van der Waals surface area contributed by atoms with E-state index >= 15 is 0 Å². The van der Waals surface area contributed by atoms with Gasteiger partial charge in [-0.2, -0.15) is 0 Å². The zero-order chi connectivity index (χ0) is 7.49. The molecule has 0 aliphatic rings. The van der Waals surface area contributed by atoms with Crippen LogP contribution in [0.15, 0.2) is 0 Å². The number of aliphatic carboxylic acids is 1. The molecule has 0 atom stereocenters. The quantitative estimate of drug-likeness (QED) is 0.403. The number of rotatable bonds is 0. The van der Waals surface area contributed by atoms with Crippen LogP contribution in [-0.2, 0) is 4.79 Å². The van der Waals surface area contributed by atoms with Crippen molar-refractivity contribution in [2.24, 2.45) is 0 Å². The Morgan fingerprint density at radius 3 is 2.22 bits per heavy atom. The van der Waals surface area contributed by atoms with Gasteiger partial charge in [-0.25, -0.2) is 0 Å². The second-order valence-corrected chi connectivity index (χ2v) is 2.10. The molecule has 0 aromatic rings. The van der Waals surface area contributed by atoms with Gasteiger partial charge in [-0.05, 0) is 19.8 Å². The fourth-order valence-corrected chi connectivity index (χ4v) is 0.204. The smallest absolute Gasteiger partial charge is 0.120 e. The van der Waals surface area contributed by atoms with E-state index in [0.717, 1.165) is 0 Å². The summed E-state index contributed by atoms with van der Waals surface area (Å²) in [6, 6.07) is 0. The van der Waals surface area contributed by atoms with Gasteiger partial charge < -0.3 is 15.0 Å². The second kappa shape index (κ2) is 2.51. The molecule has 0 unspecified atom stereocenters.